The molecule has 0 unspecified atom stereocenters. The predicted molar refractivity (Wildman–Crippen MR) is 283 cm³/mol. The minimum Gasteiger partial charge on any atom is -0.456 e. The van der Waals surface area contributed by atoms with Crippen LogP contribution in [0.1, 0.15) is 104 Å². The Kier molecular flexibility index (Phi) is 8.69. The van der Waals surface area contributed by atoms with Gasteiger partial charge in [0.2, 0.25) is 0 Å². The number of anilines is 5. The summed E-state index contributed by atoms with van der Waals surface area (Å²) in [5, 5.41) is 4.80. The molecular weight excluding hydrogens is 800 g/mol. The molecule has 0 amide bonds. The van der Waals surface area contributed by atoms with Crippen molar-refractivity contribution >= 4 is 78.9 Å². The monoisotopic (exact) mass is 858 g/mol. The van der Waals surface area contributed by atoms with E-state index in [1.165, 1.54) is 100 Å². The van der Waals surface area contributed by atoms with Crippen LogP contribution in [0.4, 0.5) is 28.4 Å². The fourth-order valence-electron chi connectivity index (χ4n) is 11.8. The highest BCUT2D eigenvalue weighted by atomic mass is 16.3. The van der Waals surface area contributed by atoms with Crippen LogP contribution in [0.15, 0.2) is 156 Å². The van der Waals surface area contributed by atoms with E-state index in [1.807, 2.05) is 0 Å². The molecule has 0 saturated heterocycles. The second-order valence-electron chi connectivity index (χ2n) is 22.8. The van der Waals surface area contributed by atoms with Crippen molar-refractivity contribution in [3.8, 4) is 22.3 Å². The maximum Gasteiger partial charge on any atom is 0.333 e. The first kappa shape index (κ1) is 41.0. The molecule has 0 atom stereocenters. The third kappa shape index (κ3) is 6.02. The molecule has 0 radical (unpaired) electrons. The van der Waals surface area contributed by atoms with Crippen molar-refractivity contribution in [2.45, 2.75) is 104 Å². The lowest BCUT2D eigenvalue weighted by Crippen LogP contribution is -2.62. The molecule has 3 aliphatic rings. The molecule has 1 aromatic heterocycles. The molecule has 0 spiro atoms. The van der Waals surface area contributed by atoms with Gasteiger partial charge in [-0.2, -0.15) is 0 Å². The van der Waals surface area contributed by atoms with Crippen LogP contribution in [0.2, 0.25) is 0 Å². The average molecular weight is 859 g/mol. The van der Waals surface area contributed by atoms with Crippen molar-refractivity contribution < 1.29 is 4.42 Å². The number of rotatable bonds is 3. The topological polar surface area (TPSA) is 19.6 Å². The Labute approximate surface area is 391 Å². The Bertz CT molecular complexity index is 3450. The second kappa shape index (κ2) is 14.0. The van der Waals surface area contributed by atoms with E-state index in [9.17, 15) is 0 Å². The van der Waals surface area contributed by atoms with Crippen LogP contribution in [-0.2, 0) is 21.7 Å². The zero-order valence-corrected chi connectivity index (χ0v) is 40.2. The molecule has 4 heteroatoms. The number of nitrogens with zero attached hydrogens (tertiary/aromatic N) is 2. The Hall–Kier alpha value is -6.52. The van der Waals surface area contributed by atoms with Crippen LogP contribution in [-0.4, -0.2) is 6.85 Å². The molecule has 1 aliphatic carbocycles. The molecule has 0 bridgehead atoms. The van der Waals surface area contributed by atoms with Crippen molar-refractivity contribution in [2.75, 3.05) is 9.71 Å². The maximum atomic E-state index is 6.86. The summed E-state index contributed by atoms with van der Waals surface area (Å²) in [5.41, 5.74) is 21.1. The van der Waals surface area contributed by atoms with Gasteiger partial charge in [-0.25, -0.2) is 0 Å². The van der Waals surface area contributed by atoms with Gasteiger partial charge in [-0.15, -0.1) is 0 Å². The van der Waals surface area contributed by atoms with Gasteiger partial charge in [-0.05, 0) is 145 Å². The SMILES string of the molecule is CC(C)(C)c1ccc(N2B3c4c(cc5ccccc5c4N(c4ccc(C(C)(C)C)cc4-c4ccccc4)c4ccc5oc6ccccc6c5c43)-c3cc4c(cc32)C(C)(C)CCC4(C)C)cc1. The highest BCUT2D eigenvalue weighted by molar-refractivity contribution is 6.95. The highest BCUT2D eigenvalue weighted by Gasteiger charge is 2.49. The van der Waals surface area contributed by atoms with Crippen LogP contribution in [0.5, 0.6) is 0 Å². The van der Waals surface area contributed by atoms with Gasteiger partial charge >= 0.3 is 6.85 Å². The summed E-state index contributed by atoms with van der Waals surface area (Å²) in [7, 11) is 0. The number of furan rings is 1. The fourth-order valence-corrected chi connectivity index (χ4v) is 11.8. The van der Waals surface area contributed by atoms with Crippen molar-refractivity contribution in [1.29, 1.82) is 0 Å². The molecule has 3 nitrogen and oxygen atoms in total. The third-order valence-electron chi connectivity index (χ3n) is 15.6. The highest BCUT2D eigenvalue weighted by Crippen LogP contribution is 2.55. The van der Waals surface area contributed by atoms with E-state index < -0.39 is 0 Å². The van der Waals surface area contributed by atoms with E-state index in [0.717, 1.165) is 29.4 Å². The summed E-state index contributed by atoms with van der Waals surface area (Å²) in [6, 6.07) is 57.8. The van der Waals surface area contributed by atoms with E-state index in [-0.39, 0.29) is 28.5 Å². The molecule has 0 N–H and O–H groups in total. The Balaban J connectivity index is 1.29. The van der Waals surface area contributed by atoms with E-state index in [2.05, 4.69) is 231 Å². The number of hydrogen-bond donors (Lipinski definition) is 0. The number of para-hydroxylation sites is 1. The van der Waals surface area contributed by atoms with E-state index >= 15 is 0 Å². The second-order valence-corrected chi connectivity index (χ2v) is 22.8. The zero-order valence-electron chi connectivity index (χ0n) is 40.2. The average Bonchev–Trinajstić information content (AvgIpc) is 3.69. The summed E-state index contributed by atoms with van der Waals surface area (Å²) >= 11 is 0. The van der Waals surface area contributed by atoms with Gasteiger partial charge in [-0.1, -0.05) is 160 Å². The van der Waals surface area contributed by atoms with E-state index in [1.54, 1.807) is 0 Å². The smallest absolute Gasteiger partial charge is 0.333 e. The van der Waals surface area contributed by atoms with Crippen LogP contribution in [0, 0.1) is 0 Å². The Morgan fingerprint density at radius 2 is 1.12 bits per heavy atom. The van der Waals surface area contributed by atoms with Crippen molar-refractivity contribution in [3.63, 3.8) is 0 Å². The molecule has 326 valence electrons. The summed E-state index contributed by atoms with van der Waals surface area (Å²) in [6.07, 6.45) is 2.31. The quantitative estimate of drug-likeness (QED) is 0.165. The molecule has 3 heterocycles. The largest absolute Gasteiger partial charge is 0.456 e. The normalized spacial score (nSPS) is 16.1. The van der Waals surface area contributed by atoms with Gasteiger partial charge < -0.3 is 14.1 Å². The predicted octanol–water partition coefficient (Wildman–Crippen LogP) is 16.1. The van der Waals surface area contributed by atoms with Crippen molar-refractivity contribution in [2.24, 2.45) is 0 Å². The van der Waals surface area contributed by atoms with Crippen LogP contribution in [0.25, 0.3) is 55.0 Å². The van der Waals surface area contributed by atoms with Gasteiger partial charge in [-0.3, -0.25) is 0 Å². The molecule has 9 aromatic rings. The van der Waals surface area contributed by atoms with Crippen LogP contribution < -0.4 is 20.6 Å². The molecule has 12 rings (SSSR count). The standard InChI is InChI=1S/C62H59BN2O/c1-59(2,3)40-24-27-42(28-25-40)65-52-37-49-48(61(7,8)32-33-62(49,9)10)36-46(52)47-34-39-20-14-15-21-43(39)58-56(47)63(65)57-51(30-31-54-55(57)44-22-16-17-23-53(44)66-54)64(58)50-29-26-41(60(4,5)6)35-45(50)38-18-12-11-13-19-38/h11-31,34-37H,32-33H2,1-10H3. The lowest BCUT2D eigenvalue weighted by atomic mass is 9.42. The van der Waals surface area contributed by atoms with Crippen molar-refractivity contribution in [3.05, 3.63) is 174 Å². The lowest BCUT2D eigenvalue weighted by Gasteiger charge is -2.48. The maximum absolute atomic E-state index is 6.86. The Morgan fingerprint density at radius 3 is 1.83 bits per heavy atom. The molecule has 8 aromatic carbocycles. The molecule has 2 aliphatic heterocycles. The third-order valence-corrected chi connectivity index (χ3v) is 15.6. The van der Waals surface area contributed by atoms with Gasteiger partial charge in [0, 0.05) is 44.3 Å². The first-order valence-electron chi connectivity index (χ1n) is 24.1. The molecule has 66 heavy (non-hydrogen) atoms. The zero-order chi connectivity index (χ0) is 45.7. The first-order valence-corrected chi connectivity index (χ1v) is 24.1. The minimum atomic E-state index is -0.185. The van der Waals surface area contributed by atoms with Gasteiger partial charge in [0.15, 0.2) is 0 Å². The fraction of sp³-hybridized carbons (Fsp3) is 0.258. The number of fused-ring (bicyclic) bond motifs is 11. The van der Waals surface area contributed by atoms with E-state index in [0.29, 0.717) is 0 Å². The first-order chi connectivity index (χ1) is 31.5. The lowest BCUT2D eigenvalue weighted by molar-refractivity contribution is 0.332. The van der Waals surface area contributed by atoms with Crippen molar-refractivity contribution in [1.82, 2.24) is 0 Å². The van der Waals surface area contributed by atoms with Crippen LogP contribution >= 0.6 is 0 Å². The van der Waals surface area contributed by atoms with Crippen LogP contribution in [0.3, 0.4) is 0 Å². The van der Waals surface area contributed by atoms with Gasteiger partial charge in [0.05, 0.1) is 11.4 Å². The molecule has 0 fully saturated rings. The summed E-state index contributed by atoms with van der Waals surface area (Å²) in [4.78, 5) is 5.36. The summed E-state index contributed by atoms with van der Waals surface area (Å²) in [6.45, 7) is 23.6. The minimum absolute atomic E-state index is 0.0184. The number of hydrogen-bond acceptors (Lipinski definition) is 3. The molecular formula is C62H59BN2O. The van der Waals surface area contributed by atoms with Gasteiger partial charge in [0.1, 0.15) is 11.2 Å². The number of benzene rings is 8. The summed E-state index contributed by atoms with van der Waals surface area (Å²) < 4.78 is 6.86. The van der Waals surface area contributed by atoms with E-state index in [4.69, 9.17) is 4.42 Å². The Morgan fingerprint density at radius 1 is 0.500 bits per heavy atom. The summed E-state index contributed by atoms with van der Waals surface area (Å²) in [5.74, 6) is 0. The van der Waals surface area contributed by atoms with Gasteiger partial charge in [0.25, 0.3) is 0 Å². The molecule has 0 saturated carbocycles.